The van der Waals surface area contributed by atoms with Gasteiger partial charge in [-0.3, -0.25) is 14.2 Å². The van der Waals surface area contributed by atoms with E-state index in [9.17, 15) is 22.8 Å². The number of halogens is 3. The van der Waals surface area contributed by atoms with Gasteiger partial charge in [-0.1, -0.05) is 18.7 Å². The molecule has 172 valence electrons. The highest BCUT2D eigenvalue weighted by Gasteiger charge is 2.33. The molecular weight excluding hydrogens is 443 g/mol. The van der Waals surface area contributed by atoms with Gasteiger partial charge < -0.3 is 9.80 Å². The Hall–Kier alpha value is -2.56. The van der Waals surface area contributed by atoms with Gasteiger partial charge in [0, 0.05) is 55.9 Å². The van der Waals surface area contributed by atoms with Crippen LogP contribution in [0, 0.1) is 12.8 Å². The fraction of sp³-hybridized carbons (Fsp3) is 0.524. The van der Waals surface area contributed by atoms with Gasteiger partial charge in [-0.25, -0.2) is 9.97 Å². The molecule has 11 heteroatoms. The van der Waals surface area contributed by atoms with Crippen molar-refractivity contribution in [3.8, 4) is 0 Å². The van der Waals surface area contributed by atoms with E-state index in [-0.39, 0.29) is 17.4 Å². The van der Waals surface area contributed by atoms with Gasteiger partial charge in [-0.15, -0.1) is 0 Å². The number of amides is 1. The Morgan fingerprint density at radius 3 is 2.53 bits per heavy atom. The first kappa shape index (κ1) is 22.6. The summed E-state index contributed by atoms with van der Waals surface area (Å²) in [5.74, 6) is 0.716. The molecule has 4 rings (SSSR count). The molecule has 2 aliphatic rings. The molecule has 7 nitrogen and oxygen atoms in total. The van der Waals surface area contributed by atoms with E-state index < -0.39 is 11.7 Å². The summed E-state index contributed by atoms with van der Waals surface area (Å²) in [5, 5.41) is 0.659. The summed E-state index contributed by atoms with van der Waals surface area (Å²) in [4.78, 5) is 38.0. The Bertz CT molecular complexity index is 1060. The summed E-state index contributed by atoms with van der Waals surface area (Å²) in [6.45, 7) is 5.96. The minimum atomic E-state index is -4.42. The first-order chi connectivity index (χ1) is 15.2. The van der Waals surface area contributed by atoms with E-state index in [1.165, 1.54) is 17.8 Å². The average Bonchev–Trinajstić information content (AvgIpc) is 2.78. The van der Waals surface area contributed by atoms with Crippen LogP contribution in [0.4, 0.5) is 19.0 Å². The van der Waals surface area contributed by atoms with E-state index in [4.69, 9.17) is 0 Å². The fourth-order valence-electron chi connectivity index (χ4n) is 4.11. The van der Waals surface area contributed by atoms with Crippen LogP contribution >= 0.6 is 11.8 Å². The maximum absolute atomic E-state index is 13.1. The lowest BCUT2D eigenvalue weighted by molar-refractivity contribution is -0.138. The van der Waals surface area contributed by atoms with Gasteiger partial charge >= 0.3 is 6.18 Å². The number of aryl methyl sites for hydroxylation is 1. The predicted molar refractivity (Wildman–Crippen MR) is 115 cm³/mol. The molecule has 1 atom stereocenters. The molecule has 0 aliphatic carbocycles. The Kier molecular flexibility index (Phi) is 6.19. The number of anilines is 1. The lowest BCUT2D eigenvalue weighted by Crippen LogP contribution is -2.52. The highest BCUT2D eigenvalue weighted by atomic mass is 32.2. The number of carbonyl (C=O) groups excluding carboxylic acids is 1. The molecule has 0 bridgehead atoms. The number of fused-ring (bicyclic) bond motifs is 1. The molecule has 0 aromatic carbocycles. The van der Waals surface area contributed by atoms with Gasteiger partial charge in [0.15, 0.2) is 5.16 Å². The topological polar surface area (TPSA) is 71.3 Å². The molecule has 1 amide bonds. The third-order valence-corrected chi connectivity index (χ3v) is 7.08. The number of aromatic nitrogens is 3. The highest BCUT2D eigenvalue weighted by Crippen LogP contribution is 2.30. The van der Waals surface area contributed by atoms with Crippen molar-refractivity contribution in [1.29, 1.82) is 0 Å². The van der Waals surface area contributed by atoms with Crippen molar-refractivity contribution in [2.24, 2.45) is 5.92 Å². The van der Waals surface area contributed by atoms with Crippen LogP contribution in [0.1, 0.15) is 23.7 Å². The number of hydrogen-bond acceptors (Lipinski definition) is 6. The molecule has 2 aromatic rings. The summed E-state index contributed by atoms with van der Waals surface area (Å²) in [6, 6.07) is 2.39. The van der Waals surface area contributed by atoms with Crippen LogP contribution in [0.2, 0.25) is 0 Å². The molecule has 1 unspecified atom stereocenters. The van der Waals surface area contributed by atoms with E-state index in [0.29, 0.717) is 61.4 Å². The summed E-state index contributed by atoms with van der Waals surface area (Å²) in [7, 11) is 0. The standard InChI is InChI=1S/C21H24F3N5O2S/c1-3-16-13(2)26-20-29(19(16)31)11-14(12-32-20)18(30)28-8-6-27(7-9-28)17-5-4-15(10-25-17)21(22,23)24/h4-5,10,14H,3,6-9,11-12H2,1-2H3. The molecule has 1 fully saturated rings. The Balaban J connectivity index is 1.40. The van der Waals surface area contributed by atoms with Gasteiger partial charge in [0.05, 0.1) is 11.5 Å². The molecule has 1 saturated heterocycles. The summed E-state index contributed by atoms with van der Waals surface area (Å²) in [6.07, 6.45) is -2.98. The maximum Gasteiger partial charge on any atom is 0.417 e. The van der Waals surface area contributed by atoms with E-state index in [1.54, 1.807) is 9.47 Å². The van der Waals surface area contributed by atoms with Crippen molar-refractivity contribution in [1.82, 2.24) is 19.4 Å². The quantitative estimate of drug-likeness (QED) is 0.647. The first-order valence-corrected chi connectivity index (χ1v) is 11.5. The zero-order chi connectivity index (χ0) is 23.0. The van der Waals surface area contributed by atoms with Crippen molar-refractivity contribution in [3.63, 3.8) is 0 Å². The number of alkyl halides is 3. The highest BCUT2D eigenvalue weighted by molar-refractivity contribution is 7.99. The van der Waals surface area contributed by atoms with Crippen molar-refractivity contribution in [3.05, 3.63) is 45.5 Å². The van der Waals surface area contributed by atoms with E-state index in [0.717, 1.165) is 18.0 Å². The second-order valence-corrected chi connectivity index (χ2v) is 8.94. The van der Waals surface area contributed by atoms with E-state index >= 15 is 0 Å². The third kappa shape index (κ3) is 4.35. The molecule has 4 heterocycles. The number of thioether (sulfide) groups is 1. The van der Waals surface area contributed by atoms with Gasteiger partial charge in [0.1, 0.15) is 5.82 Å². The summed E-state index contributed by atoms with van der Waals surface area (Å²) >= 11 is 1.43. The van der Waals surface area contributed by atoms with Crippen molar-refractivity contribution >= 4 is 23.5 Å². The number of piperazine rings is 1. The van der Waals surface area contributed by atoms with E-state index in [2.05, 4.69) is 9.97 Å². The molecular formula is C21H24F3N5O2S. The first-order valence-electron chi connectivity index (χ1n) is 10.5. The molecule has 0 saturated carbocycles. The molecule has 32 heavy (non-hydrogen) atoms. The van der Waals surface area contributed by atoms with Crippen LogP contribution in [-0.2, 0) is 23.9 Å². The SMILES string of the molecule is CCc1c(C)nc2n(c1=O)CC(C(=O)N1CCN(c3ccc(C(F)(F)F)cn3)CC1)CS2. The largest absolute Gasteiger partial charge is 0.417 e. The molecule has 0 radical (unpaired) electrons. The molecule has 0 N–H and O–H groups in total. The Labute approximate surface area is 187 Å². The van der Waals surface area contributed by atoms with Crippen molar-refractivity contribution in [2.75, 3.05) is 36.8 Å². The van der Waals surface area contributed by atoms with Gasteiger partial charge in [0.25, 0.3) is 5.56 Å². The Morgan fingerprint density at radius 2 is 1.94 bits per heavy atom. The van der Waals surface area contributed by atoms with Crippen LogP contribution in [0.3, 0.4) is 0 Å². The minimum absolute atomic E-state index is 0.00583. The zero-order valence-corrected chi connectivity index (χ0v) is 18.7. The minimum Gasteiger partial charge on any atom is -0.353 e. The van der Waals surface area contributed by atoms with Gasteiger partial charge in [-0.05, 0) is 25.5 Å². The van der Waals surface area contributed by atoms with Crippen LogP contribution in [0.15, 0.2) is 28.3 Å². The zero-order valence-electron chi connectivity index (χ0n) is 17.9. The van der Waals surface area contributed by atoms with Crippen molar-refractivity contribution in [2.45, 2.75) is 38.1 Å². The lowest BCUT2D eigenvalue weighted by Gasteiger charge is -2.37. The molecule has 2 aromatic heterocycles. The van der Waals surface area contributed by atoms with E-state index in [1.807, 2.05) is 18.7 Å². The monoisotopic (exact) mass is 467 g/mol. The number of carbonyl (C=O) groups is 1. The molecule has 0 spiro atoms. The second kappa shape index (κ2) is 8.76. The number of hydrogen-bond donors (Lipinski definition) is 0. The van der Waals surface area contributed by atoms with Gasteiger partial charge in [-0.2, -0.15) is 13.2 Å². The third-order valence-electron chi connectivity index (χ3n) is 5.94. The number of pyridine rings is 1. The summed E-state index contributed by atoms with van der Waals surface area (Å²) < 4.78 is 39.8. The van der Waals surface area contributed by atoms with Crippen molar-refractivity contribution < 1.29 is 18.0 Å². The average molecular weight is 468 g/mol. The van der Waals surface area contributed by atoms with Crippen LogP contribution in [0.25, 0.3) is 0 Å². The predicted octanol–water partition coefficient (Wildman–Crippen LogP) is 2.60. The second-order valence-electron chi connectivity index (χ2n) is 7.95. The number of nitrogens with zero attached hydrogens (tertiary/aromatic N) is 5. The van der Waals surface area contributed by atoms with Crippen LogP contribution < -0.4 is 10.5 Å². The van der Waals surface area contributed by atoms with Gasteiger partial charge in [0.2, 0.25) is 5.91 Å². The fourth-order valence-corrected chi connectivity index (χ4v) is 5.22. The maximum atomic E-state index is 13.1. The molecule has 2 aliphatic heterocycles. The normalized spacial score (nSPS) is 19.1. The van der Waals surface area contributed by atoms with Crippen LogP contribution in [0.5, 0.6) is 0 Å². The Morgan fingerprint density at radius 1 is 1.22 bits per heavy atom. The number of rotatable bonds is 3. The van der Waals surface area contributed by atoms with Crippen LogP contribution in [-0.4, -0.2) is 57.3 Å². The lowest BCUT2D eigenvalue weighted by atomic mass is 10.1. The smallest absolute Gasteiger partial charge is 0.353 e. The summed E-state index contributed by atoms with van der Waals surface area (Å²) in [5.41, 5.74) is 0.573.